The number of rotatable bonds is 7. The molecule has 0 spiro atoms. The van der Waals surface area contributed by atoms with Crippen molar-refractivity contribution in [3.05, 3.63) is 200 Å². The Balaban J connectivity index is 1.26. The Morgan fingerprint density at radius 3 is 1.67 bits per heavy atom. The highest BCUT2D eigenvalue weighted by molar-refractivity contribution is 7.19. The van der Waals surface area contributed by atoms with Crippen molar-refractivity contribution >= 4 is 61.5 Å². The van der Waals surface area contributed by atoms with Crippen molar-refractivity contribution in [1.29, 1.82) is 0 Å². The van der Waals surface area contributed by atoms with Crippen LogP contribution < -0.4 is 20.7 Å². The Labute approximate surface area is 326 Å². The van der Waals surface area contributed by atoms with E-state index in [4.69, 9.17) is 27.6 Å². The fraction of sp³-hybridized carbons (Fsp3) is 0. The van der Waals surface area contributed by atoms with Gasteiger partial charge in [-0.25, -0.2) is 15.0 Å². The van der Waals surface area contributed by atoms with E-state index in [-0.39, 0.29) is 51.5 Å². The number of aromatic nitrogens is 3. The molecule has 5 heteroatoms. The van der Waals surface area contributed by atoms with Crippen LogP contribution in [0.15, 0.2) is 204 Å². The minimum Gasteiger partial charge on any atom is -0.456 e. The Bertz CT molecular complexity index is 3350. The van der Waals surface area contributed by atoms with E-state index in [2.05, 4.69) is 84.9 Å². The number of hydrogen-bond acceptors (Lipinski definition) is 4. The number of nitrogens with zero attached hydrogens (tertiary/aromatic N) is 3. The fourth-order valence-electron chi connectivity index (χ4n) is 7.38. The molecule has 0 fully saturated rings. The van der Waals surface area contributed by atoms with Crippen molar-refractivity contribution in [3.63, 3.8) is 0 Å². The highest BCUT2D eigenvalue weighted by Crippen LogP contribution is 2.36. The van der Waals surface area contributed by atoms with Crippen LogP contribution in [0.3, 0.4) is 0 Å². The molecule has 54 heavy (non-hydrogen) atoms. The number of benzene rings is 8. The van der Waals surface area contributed by atoms with Crippen LogP contribution in [-0.4, -0.2) is 23.0 Å². The van der Waals surface area contributed by atoms with Crippen LogP contribution in [-0.2, 0) is 0 Å². The molecule has 0 unspecified atom stereocenters. The van der Waals surface area contributed by atoms with E-state index in [1.54, 1.807) is 30.3 Å². The van der Waals surface area contributed by atoms with Crippen LogP contribution in [0, 0.1) is 0 Å². The van der Waals surface area contributed by atoms with E-state index in [0.717, 1.165) is 5.19 Å². The van der Waals surface area contributed by atoms with Gasteiger partial charge in [-0.3, -0.25) is 0 Å². The molecule has 0 aliphatic rings. The zero-order valence-corrected chi connectivity index (χ0v) is 29.6. The van der Waals surface area contributed by atoms with E-state index >= 15 is 0 Å². The average Bonchev–Trinajstić information content (AvgIpc) is 3.67. The van der Waals surface area contributed by atoms with Crippen molar-refractivity contribution in [3.8, 4) is 34.2 Å². The lowest BCUT2D eigenvalue weighted by Crippen LogP contribution is -2.74. The lowest BCUT2D eigenvalue weighted by atomic mass is 10.0. The standard InChI is InChI=1S/C49H33N3OSi/c1-4-17-38(18-5-1)54(39-19-6-2-7-20-39,40-21-8-3-9-22-40)41-31-29-35(30-32-41)47-50-48(37-28-27-34-15-10-11-16-36(34)33-37)52-49(51-47)43-24-14-26-45-46(43)42-23-12-13-25-44(42)53-45/h1-33H/i10D,11D,12D,15D,16D,24D,27D,28D,33D. The monoisotopic (exact) mass is 716 g/mol. The Kier molecular flexibility index (Phi) is 5.78. The number of hydrogen-bond donors (Lipinski definition) is 0. The number of furan rings is 1. The molecule has 0 atom stereocenters. The van der Waals surface area contributed by atoms with E-state index in [9.17, 15) is 4.11 Å². The molecule has 0 saturated heterocycles. The van der Waals surface area contributed by atoms with Crippen molar-refractivity contribution in [2.75, 3.05) is 0 Å². The fourth-order valence-corrected chi connectivity index (χ4v) is 12.1. The van der Waals surface area contributed by atoms with E-state index in [0.29, 0.717) is 27.5 Å². The first-order valence-electron chi connectivity index (χ1n) is 22.0. The van der Waals surface area contributed by atoms with Gasteiger partial charge in [-0.1, -0.05) is 182 Å². The summed E-state index contributed by atoms with van der Waals surface area (Å²) in [6.07, 6.45) is 0. The first-order valence-corrected chi connectivity index (χ1v) is 19.5. The molecule has 10 rings (SSSR count). The molecule has 0 aliphatic carbocycles. The predicted molar refractivity (Wildman–Crippen MR) is 225 cm³/mol. The van der Waals surface area contributed by atoms with Gasteiger partial charge in [0.25, 0.3) is 0 Å². The minimum atomic E-state index is -2.91. The van der Waals surface area contributed by atoms with Gasteiger partial charge in [-0.2, -0.15) is 0 Å². The molecule has 4 nitrogen and oxygen atoms in total. The second-order valence-corrected chi connectivity index (χ2v) is 16.7. The topological polar surface area (TPSA) is 51.8 Å². The van der Waals surface area contributed by atoms with Gasteiger partial charge in [-0.15, -0.1) is 0 Å². The van der Waals surface area contributed by atoms with Crippen molar-refractivity contribution in [2.45, 2.75) is 0 Å². The summed E-state index contributed by atoms with van der Waals surface area (Å²) in [6, 6.07) is 44.2. The summed E-state index contributed by atoms with van der Waals surface area (Å²) in [6.45, 7) is 0. The maximum atomic E-state index is 9.37. The normalized spacial score (nSPS) is 14.0. The van der Waals surface area contributed by atoms with E-state index < -0.39 is 50.4 Å². The second-order valence-electron chi connectivity index (χ2n) is 12.8. The van der Waals surface area contributed by atoms with Crippen LogP contribution in [0.2, 0.25) is 0 Å². The smallest absolute Gasteiger partial charge is 0.179 e. The van der Waals surface area contributed by atoms with Crippen molar-refractivity contribution in [1.82, 2.24) is 15.0 Å². The maximum absolute atomic E-state index is 9.37. The van der Waals surface area contributed by atoms with Crippen LogP contribution in [0.5, 0.6) is 0 Å². The number of para-hydroxylation sites is 1. The average molecular weight is 717 g/mol. The van der Waals surface area contributed by atoms with E-state index in [1.165, 1.54) is 15.6 Å². The summed E-state index contributed by atoms with van der Waals surface area (Å²) in [4.78, 5) is 14.7. The van der Waals surface area contributed by atoms with Crippen LogP contribution in [0.1, 0.15) is 12.3 Å². The Hall–Kier alpha value is -6.95. The minimum absolute atomic E-state index is 0.00901. The molecule has 0 aliphatic heterocycles. The zero-order valence-electron chi connectivity index (χ0n) is 37.6. The molecular formula is C49H33N3OSi. The maximum Gasteiger partial charge on any atom is 0.179 e. The lowest BCUT2D eigenvalue weighted by Gasteiger charge is -2.34. The zero-order chi connectivity index (χ0) is 43.7. The molecule has 0 radical (unpaired) electrons. The molecule has 0 amide bonds. The number of fused-ring (bicyclic) bond motifs is 4. The quantitative estimate of drug-likeness (QED) is 0.122. The highest BCUT2D eigenvalue weighted by Gasteiger charge is 2.41. The van der Waals surface area contributed by atoms with Crippen molar-refractivity contribution < 1.29 is 16.8 Å². The molecule has 2 aromatic heterocycles. The Morgan fingerprint density at radius 2 is 1.00 bits per heavy atom. The molecule has 2 heterocycles. The highest BCUT2D eigenvalue weighted by atomic mass is 28.3. The van der Waals surface area contributed by atoms with E-state index in [1.807, 2.05) is 30.3 Å². The summed E-state index contributed by atoms with van der Waals surface area (Å²) in [5.41, 5.74) is 1.50. The summed E-state index contributed by atoms with van der Waals surface area (Å²) >= 11 is 0. The van der Waals surface area contributed by atoms with Gasteiger partial charge in [-0.05, 0) is 49.7 Å². The van der Waals surface area contributed by atoms with Gasteiger partial charge in [0.05, 0.1) is 12.3 Å². The lowest BCUT2D eigenvalue weighted by molar-refractivity contribution is 0.669. The SMILES string of the molecule is [2H]c1ccc2oc3ccc([2H])c(-c4nc(-c5ccc([Si](c6ccccc6)(c6ccccc6)c6ccccc6)cc5)nc(-c5c([2H])c([2H])c6c([2H])c([2H])c([2H])c([2H])c6c5[2H])n4)c3c2c1. The Morgan fingerprint density at radius 1 is 0.426 bits per heavy atom. The summed E-state index contributed by atoms with van der Waals surface area (Å²) in [7, 11) is -2.91. The molecule has 10 aromatic rings. The second kappa shape index (κ2) is 13.2. The molecule has 0 bridgehead atoms. The first kappa shape index (κ1) is 23.6. The molecule has 8 aromatic carbocycles. The van der Waals surface area contributed by atoms with Gasteiger partial charge in [0, 0.05) is 27.5 Å². The van der Waals surface area contributed by atoms with Gasteiger partial charge >= 0.3 is 0 Å². The van der Waals surface area contributed by atoms with Crippen LogP contribution >= 0.6 is 0 Å². The molecule has 254 valence electrons. The predicted octanol–water partition coefficient (Wildman–Crippen LogP) is 9.30. The molecule has 0 N–H and O–H groups in total. The van der Waals surface area contributed by atoms with Gasteiger partial charge in [0.2, 0.25) is 0 Å². The third kappa shape index (κ3) is 5.33. The third-order valence-electron chi connectivity index (χ3n) is 9.80. The summed E-state index contributed by atoms with van der Waals surface area (Å²) in [5, 5.41) is 5.21. The summed E-state index contributed by atoms with van der Waals surface area (Å²) in [5.74, 6) is -0.0442. The molecular weight excluding hydrogens is 675 g/mol. The van der Waals surface area contributed by atoms with Crippen LogP contribution in [0.4, 0.5) is 0 Å². The first-order chi connectivity index (χ1) is 30.5. The van der Waals surface area contributed by atoms with Crippen molar-refractivity contribution in [2.24, 2.45) is 0 Å². The van der Waals surface area contributed by atoms with Gasteiger partial charge in [0.15, 0.2) is 25.5 Å². The summed E-state index contributed by atoms with van der Waals surface area (Å²) < 4.78 is 85.2. The van der Waals surface area contributed by atoms with Crippen LogP contribution in [0.25, 0.3) is 66.9 Å². The van der Waals surface area contributed by atoms with Gasteiger partial charge in [0.1, 0.15) is 11.2 Å². The molecule has 0 saturated carbocycles. The van der Waals surface area contributed by atoms with Gasteiger partial charge < -0.3 is 4.42 Å². The third-order valence-corrected chi connectivity index (χ3v) is 14.6. The largest absolute Gasteiger partial charge is 0.456 e.